The number of hydrogen-bond donors (Lipinski definition) is 2. The first kappa shape index (κ1) is 16.8. The van der Waals surface area contributed by atoms with Crippen LogP contribution in [0.2, 0.25) is 10.0 Å². The standard InChI is InChI=1S/C15H10Cl2N2O4/c16-11-3-1-9(7-12(11)17)14(20)5-6-18-13-8-10(19(22)23)2-4-15(13)21/h1-8,18,21H/b6-5-. The number of phenols is 1. The molecular formula is C15H10Cl2N2O4. The number of anilines is 1. The van der Waals surface area contributed by atoms with Crippen LogP contribution in [0.3, 0.4) is 0 Å². The number of nitro groups is 1. The molecule has 118 valence electrons. The third kappa shape index (κ3) is 4.21. The molecule has 2 N–H and O–H groups in total. The Morgan fingerprint density at radius 1 is 1.17 bits per heavy atom. The highest BCUT2D eigenvalue weighted by Gasteiger charge is 2.09. The van der Waals surface area contributed by atoms with E-state index in [1.807, 2.05) is 0 Å². The zero-order valence-electron chi connectivity index (χ0n) is 11.5. The zero-order chi connectivity index (χ0) is 17.0. The predicted molar refractivity (Wildman–Crippen MR) is 88.3 cm³/mol. The molecule has 0 aromatic heterocycles. The minimum absolute atomic E-state index is 0.109. The smallest absolute Gasteiger partial charge is 0.271 e. The molecule has 0 saturated carbocycles. The quantitative estimate of drug-likeness (QED) is 0.273. The van der Waals surface area contributed by atoms with Crippen molar-refractivity contribution in [3.05, 3.63) is 74.4 Å². The number of allylic oxidation sites excluding steroid dienone is 1. The molecule has 6 nitrogen and oxygen atoms in total. The lowest BCUT2D eigenvalue weighted by molar-refractivity contribution is -0.384. The number of halogens is 2. The van der Waals surface area contributed by atoms with E-state index < -0.39 is 4.92 Å². The minimum atomic E-state index is -0.588. The van der Waals surface area contributed by atoms with E-state index in [-0.39, 0.29) is 27.9 Å². The number of ketones is 1. The van der Waals surface area contributed by atoms with Gasteiger partial charge < -0.3 is 10.4 Å². The second-order valence-corrected chi connectivity index (χ2v) is 5.24. The van der Waals surface area contributed by atoms with E-state index in [9.17, 15) is 20.0 Å². The van der Waals surface area contributed by atoms with Crippen LogP contribution in [0.1, 0.15) is 10.4 Å². The Kier molecular flexibility index (Phi) is 5.20. The van der Waals surface area contributed by atoms with Crippen LogP contribution >= 0.6 is 23.2 Å². The first-order chi connectivity index (χ1) is 10.9. The molecule has 0 unspecified atom stereocenters. The highest BCUT2D eigenvalue weighted by Crippen LogP contribution is 2.28. The van der Waals surface area contributed by atoms with Crippen molar-refractivity contribution in [2.45, 2.75) is 0 Å². The van der Waals surface area contributed by atoms with Gasteiger partial charge in [0, 0.05) is 30.0 Å². The van der Waals surface area contributed by atoms with E-state index in [1.165, 1.54) is 42.6 Å². The molecule has 0 bridgehead atoms. The summed E-state index contributed by atoms with van der Waals surface area (Å²) in [6.45, 7) is 0. The van der Waals surface area contributed by atoms with Gasteiger partial charge in [0.1, 0.15) is 5.75 Å². The van der Waals surface area contributed by atoms with Crippen LogP contribution in [0.4, 0.5) is 11.4 Å². The molecule has 0 aliphatic heterocycles. The van der Waals surface area contributed by atoms with E-state index >= 15 is 0 Å². The molecule has 2 rings (SSSR count). The van der Waals surface area contributed by atoms with Crippen LogP contribution in [-0.2, 0) is 0 Å². The van der Waals surface area contributed by atoms with Crippen molar-refractivity contribution in [3.63, 3.8) is 0 Å². The number of rotatable bonds is 5. The summed E-state index contributed by atoms with van der Waals surface area (Å²) in [6.07, 6.45) is 2.47. The number of nitrogens with zero attached hydrogens (tertiary/aromatic N) is 1. The summed E-state index contributed by atoms with van der Waals surface area (Å²) in [5, 5.41) is 23.5. The first-order valence-electron chi connectivity index (χ1n) is 6.28. The Balaban J connectivity index is 2.12. The van der Waals surface area contributed by atoms with Gasteiger partial charge in [-0.25, -0.2) is 0 Å². The summed E-state index contributed by atoms with van der Waals surface area (Å²) in [5.74, 6) is -0.525. The van der Waals surface area contributed by atoms with Crippen LogP contribution in [0.15, 0.2) is 48.7 Å². The maximum Gasteiger partial charge on any atom is 0.271 e. The lowest BCUT2D eigenvalue weighted by Crippen LogP contribution is -1.97. The van der Waals surface area contributed by atoms with E-state index in [4.69, 9.17) is 23.2 Å². The van der Waals surface area contributed by atoms with Gasteiger partial charge in [0.2, 0.25) is 0 Å². The number of non-ortho nitro benzene ring substituents is 1. The van der Waals surface area contributed by atoms with Gasteiger partial charge in [0.25, 0.3) is 5.69 Å². The Labute approximate surface area is 141 Å². The molecule has 23 heavy (non-hydrogen) atoms. The van der Waals surface area contributed by atoms with E-state index in [1.54, 1.807) is 0 Å². The largest absolute Gasteiger partial charge is 0.506 e. The normalized spacial score (nSPS) is 10.7. The second-order valence-electron chi connectivity index (χ2n) is 4.43. The van der Waals surface area contributed by atoms with Crippen molar-refractivity contribution in [2.75, 3.05) is 5.32 Å². The van der Waals surface area contributed by atoms with Crippen LogP contribution < -0.4 is 5.32 Å². The second kappa shape index (κ2) is 7.13. The SMILES string of the molecule is O=C(/C=C\Nc1cc([N+](=O)[O-])ccc1O)c1ccc(Cl)c(Cl)c1. The third-order valence-electron chi connectivity index (χ3n) is 2.87. The number of carbonyl (C=O) groups excluding carboxylic acids is 1. The van der Waals surface area contributed by atoms with Gasteiger partial charge in [0.15, 0.2) is 5.78 Å². The average molecular weight is 353 g/mol. The molecule has 0 amide bonds. The highest BCUT2D eigenvalue weighted by molar-refractivity contribution is 6.42. The van der Waals surface area contributed by atoms with Crippen LogP contribution in [0.5, 0.6) is 5.75 Å². The van der Waals surface area contributed by atoms with Gasteiger partial charge in [-0.05, 0) is 24.3 Å². The number of benzene rings is 2. The fraction of sp³-hybridized carbons (Fsp3) is 0. The summed E-state index contributed by atoms with van der Waals surface area (Å²) < 4.78 is 0. The van der Waals surface area contributed by atoms with Gasteiger partial charge in [-0.3, -0.25) is 14.9 Å². The lowest BCUT2D eigenvalue weighted by atomic mass is 10.1. The molecule has 0 aliphatic carbocycles. The fourth-order valence-corrected chi connectivity index (χ4v) is 2.00. The molecular weight excluding hydrogens is 343 g/mol. The number of aromatic hydroxyl groups is 1. The number of carbonyl (C=O) groups is 1. The molecule has 0 radical (unpaired) electrons. The Hall–Kier alpha value is -2.57. The van der Waals surface area contributed by atoms with Crippen molar-refractivity contribution in [1.29, 1.82) is 0 Å². The molecule has 8 heteroatoms. The average Bonchev–Trinajstić information content (AvgIpc) is 2.51. The zero-order valence-corrected chi connectivity index (χ0v) is 13.0. The summed E-state index contributed by atoms with van der Waals surface area (Å²) in [7, 11) is 0. The Bertz CT molecular complexity index is 806. The molecule has 0 fully saturated rings. The van der Waals surface area contributed by atoms with E-state index in [0.29, 0.717) is 10.6 Å². The minimum Gasteiger partial charge on any atom is -0.506 e. The van der Waals surface area contributed by atoms with Gasteiger partial charge in [-0.1, -0.05) is 23.2 Å². The first-order valence-corrected chi connectivity index (χ1v) is 7.04. The van der Waals surface area contributed by atoms with Crippen molar-refractivity contribution in [3.8, 4) is 5.75 Å². The number of nitrogens with one attached hydrogen (secondary N) is 1. The third-order valence-corrected chi connectivity index (χ3v) is 3.61. The van der Waals surface area contributed by atoms with Crippen LogP contribution in [0.25, 0.3) is 0 Å². The van der Waals surface area contributed by atoms with Crippen molar-refractivity contribution >= 4 is 40.4 Å². The molecule has 2 aromatic carbocycles. The number of hydrogen-bond acceptors (Lipinski definition) is 5. The van der Waals surface area contributed by atoms with Gasteiger partial charge in [-0.2, -0.15) is 0 Å². The van der Waals surface area contributed by atoms with Crippen molar-refractivity contribution in [1.82, 2.24) is 0 Å². The highest BCUT2D eigenvalue weighted by atomic mass is 35.5. The van der Waals surface area contributed by atoms with E-state index in [0.717, 1.165) is 6.07 Å². The Morgan fingerprint density at radius 3 is 2.57 bits per heavy atom. The predicted octanol–water partition coefficient (Wildman–Crippen LogP) is 4.42. The van der Waals surface area contributed by atoms with Gasteiger partial charge in [-0.15, -0.1) is 0 Å². The van der Waals surface area contributed by atoms with Gasteiger partial charge in [0.05, 0.1) is 20.7 Å². The monoisotopic (exact) mass is 352 g/mol. The summed E-state index contributed by atoms with van der Waals surface area (Å²) in [4.78, 5) is 22.1. The Morgan fingerprint density at radius 2 is 1.91 bits per heavy atom. The molecule has 0 spiro atoms. The maximum atomic E-state index is 12.0. The van der Waals surface area contributed by atoms with Gasteiger partial charge >= 0.3 is 0 Å². The molecule has 0 saturated heterocycles. The molecule has 0 aliphatic rings. The van der Waals surface area contributed by atoms with Crippen LogP contribution in [-0.4, -0.2) is 15.8 Å². The molecule has 0 heterocycles. The fourth-order valence-electron chi connectivity index (χ4n) is 1.71. The topological polar surface area (TPSA) is 92.5 Å². The summed E-state index contributed by atoms with van der Waals surface area (Å²) in [5.41, 5.74) is 0.257. The molecule has 2 aromatic rings. The van der Waals surface area contributed by atoms with E-state index in [2.05, 4.69) is 5.32 Å². The van der Waals surface area contributed by atoms with Crippen molar-refractivity contribution in [2.24, 2.45) is 0 Å². The lowest BCUT2D eigenvalue weighted by Gasteiger charge is -2.04. The van der Waals surface area contributed by atoms with Crippen molar-refractivity contribution < 1.29 is 14.8 Å². The number of nitro benzene ring substituents is 1. The maximum absolute atomic E-state index is 12.0. The summed E-state index contributed by atoms with van der Waals surface area (Å²) in [6, 6.07) is 7.97. The summed E-state index contributed by atoms with van der Waals surface area (Å²) >= 11 is 11.6. The van der Waals surface area contributed by atoms with Crippen LogP contribution in [0, 0.1) is 10.1 Å². The molecule has 0 atom stereocenters. The number of phenolic OH excluding ortho intramolecular Hbond substituents is 1.